The zero-order chi connectivity index (χ0) is 13.3. The molecule has 6 heteroatoms. The summed E-state index contributed by atoms with van der Waals surface area (Å²) in [6.07, 6.45) is -0.721. The maximum atomic E-state index is 10.9. The van der Waals surface area contributed by atoms with Crippen LogP contribution in [-0.2, 0) is 23.1 Å². The van der Waals surface area contributed by atoms with Crippen molar-refractivity contribution in [2.75, 3.05) is 19.7 Å². The van der Waals surface area contributed by atoms with Gasteiger partial charge in [0.2, 0.25) is 0 Å². The fourth-order valence-electron chi connectivity index (χ4n) is 2.12. The minimum Gasteiger partial charge on any atom is -0.479 e. The Kier molecular flexibility index (Phi) is 3.68. The topological polar surface area (TPSA) is 67.6 Å². The van der Waals surface area contributed by atoms with Crippen LogP contribution in [0.2, 0.25) is 0 Å². The predicted octanol–water partition coefficient (Wildman–Crippen LogP) is 0.322. The Morgan fingerprint density at radius 2 is 2.28 bits per heavy atom. The van der Waals surface area contributed by atoms with Crippen molar-refractivity contribution in [1.82, 2.24) is 14.5 Å². The quantitative estimate of drug-likeness (QED) is 0.840. The molecule has 1 aromatic rings. The molecule has 1 aromatic heterocycles. The van der Waals surface area contributed by atoms with E-state index in [1.54, 1.807) is 0 Å². The lowest BCUT2D eigenvalue weighted by atomic mass is 10.2. The number of carboxylic acid groups (broad SMARTS) is 1. The molecule has 1 atom stereocenters. The van der Waals surface area contributed by atoms with E-state index >= 15 is 0 Å². The lowest BCUT2D eigenvalue weighted by molar-refractivity contribution is -0.156. The largest absolute Gasteiger partial charge is 0.479 e. The number of hydrogen-bond acceptors (Lipinski definition) is 4. The monoisotopic (exact) mass is 253 g/mol. The van der Waals surface area contributed by atoms with Crippen LogP contribution in [0.1, 0.15) is 17.2 Å². The number of aliphatic carboxylic acids is 1. The molecule has 6 nitrogen and oxygen atoms in total. The van der Waals surface area contributed by atoms with E-state index in [2.05, 4.69) is 14.5 Å². The molecule has 1 aliphatic rings. The highest BCUT2D eigenvalue weighted by Gasteiger charge is 2.26. The number of carbonyl (C=O) groups is 1. The van der Waals surface area contributed by atoms with E-state index in [0.29, 0.717) is 19.7 Å². The molecule has 1 saturated heterocycles. The van der Waals surface area contributed by atoms with Crippen LogP contribution in [0.4, 0.5) is 0 Å². The molecule has 0 unspecified atom stereocenters. The molecular weight excluding hydrogens is 234 g/mol. The first kappa shape index (κ1) is 13.0. The summed E-state index contributed by atoms with van der Waals surface area (Å²) >= 11 is 0. The fraction of sp³-hybridized carbons (Fsp3) is 0.667. The average Bonchev–Trinajstić information content (AvgIpc) is 2.57. The molecule has 1 aliphatic heterocycles. The summed E-state index contributed by atoms with van der Waals surface area (Å²) in [5, 5.41) is 8.95. The third-order valence-corrected chi connectivity index (χ3v) is 3.50. The second kappa shape index (κ2) is 5.07. The van der Waals surface area contributed by atoms with E-state index in [-0.39, 0.29) is 0 Å². The Morgan fingerprint density at radius 3 is 2.83 bits per heavy atom. The Labute approximate surface area is 106 Å². The molecule has 18 heavy (non-hydrogen) atoms. The number of imidazole rings is 1. The number of ether oxygens (including phenoxy) is 1. The molecule has 0 saturated carbocycles. The number of carboxylic acids is 1. The highest BCUT2D eigenvalue weighted by atomic mass is 16.5. The van der Waals surface area contributed by atoms with Crippen molar-refractivity contribution in [3.8, 4) is 0 Å². The fourth-order valence-corrected chi connectivity index (χ4v) is 2.12. The minimum absolute atomic E-state index is 0.417. The Hall–Kier alpha value is -1.40. The first-order valence-electron chi connectivity index (χ1n) is 6.04. The minimum atomic E-state index is -0.896. The third-order valence-electron chi connectivity index (χ3n) is 3.50. The van der Waals surface area contributed by atoms with Crippen molar-refractivity contribution in [2.24, 2.45) is 7.05 Å². The van der Waals surface area contributed by atoms with Crippen molar-refractivity contribution < 1.29 is 14.6 Å². The summed E-state index contributed by atoms with van der Waals surface area (Å²) in [4.78, 5) is 17.5. The van der Waals surface area contributed by atoms with Crippen molar-refractivity contribution in [3.63, 3.8) is 0 Å². The molecule has 2 rings (SSSR count). The molecule has 2 heterocycles. The molecule has 0 amide bonds. The SMILES string of the molecule is Cc1nc(CN2CCO[C@@H](C(=O)O)C2)n(C)c1C. The van der Waals surface area contributed by atoms with Gasteiger partial charge in [-0.25, -0.2) is 9.78 Å². The van der Waals surface area contributed by atoms with Gasteiger partial charge in [0.15, 0.2) is 6.10 Å². The van der Waals surface area contributed by atoms with Crippen LogP contribution < -0.4 is 0 Å². The van der Waals surface area contributed by atoms with Crippen LogP contribution in [0, 0.1) is 13.8 Å². The highest BCUT2D eigenvalue weighted by Crippen LogP contribution is 2.13. The second-order valence-electron chi connectivity index (χ2n) is 4.69. The van der Waals surface area contributed by atoms with Gasteiger partial charge in [0, 0.05) is 25.8 Å². The van der Waals surface area contributed by atoms with Crippen molar-refractivity contribution in [1.29, 1.82) is 0 Å². The summed E-state index contributed by atoms with van der Waals surface area (Å²) in [6, 6.07) is 0. The maximum Gasteiger partial charge on any atom is 0.334 e. The highest BCUT2D eigenvalue weighted by molar-refractivity contribution is 5.72. The van der Waals surface area contributed by atoms with E-state index in [1.165, 1.54) is 0 Å². The van der Waals surface area contributed by atoms with E-state index in [0.717, 1.165) is 23.8 Å². The van der Waals surface area contributed by atoms with E-state index in [1.807, 2.05) is 20.9 Å². The molecule has 0 bridgehead atoms. The lowest BCUT2D eigenvalue weighted by Gasteiger charge is -2.30. The van der Waals surface area contributed by atoms with Crippen LogP contribution in [-0.4, -0.2) is 51.3 Å². The number of rotatable bonds is 3. The zero-order valence-corrected chi connectivity index (χ0v) is 11.0. The van der Waals surface area contributed by atoms with Crippen molar-refractivity contribution in [2.45, 2.75) is 26.5 Å². The molecule has 1 N–H and O–H groups in total. The van der Waals surface area contributed by atoms with Crippen LogP contribution in [0.3, 0.4) is 0 Å². The Bertz CT molecular complexity index is 456. The van der Waals surface area contributed by atoms with Gasteiger partial charge in [0.05, 0.1) is 18.8 Å². The molecule has 0 aromatic carbocycles. The molecule has 0 aliphatic carbocycles. The molecular formula is C12H19N3O3. The summed E-state index contributed by atoms with van der Waals surface area (Å²) in [5.74, 6) is 0.0722. The summed E-state index contributed by atoms with van der Waals surface area (Å²) < 4.78 is 7.25. The van der Waals surface area contributed by atoms with Gasteiger partial charge < -0.3 is 14.4 Å². The number of hydrogen-bond donors (Lipinski definition) is 1. The Balaban J connectivity index is 2.05. The van der Waals surface area contributed by atoms with E-state index < -0.39 is 12.1 Å². The lowest BCUT2D eigenvalue weighted by Crippen LogP contribution is -2.45. The number of nitrogens with zero attached hydrogens (tertiary/aromatic N) is 3. The Morgan fingerprint density at radius 1 is 1.56 bits per heavy atom. The van der Waals surface area contributed by atoms with Crippen molar-refractivity contribution in [3.05, 3.63) is 17.2 Å². The zero-order valence-electron chi connectivity index (χ0n) is 11.0. The van der Waals surface area contributed by atoms with Crippen LogP contribution in [0.15, 0.2) is 0 Å². The van der Waals surface area contributed by atoms with Gasteiger partial charge in [0.25, 0.3) is 0 Å². The predicted molar refractivity (Wildman–Crippen MR) is 65.3 cm³/mol. The number of morpholine rings is 1. The normalized spacial score (nSPS) is 21.2. The first-order valence-corrected chi connectivity index (χ1v) is 6.04. The maximum absolute atomic E-state index is 10.9. The van der Waals surface area contributed by atoms with Gasteiger partial charge in [-0.15, -0.1) is 0 Å². The van der Waals surface area contributed by atoms with Crippen molar-refractivity contribution >= 4 is 5.97 Å². The molecule has 100 valence electrons. The van der Waals surface area contributed by atoms with Gasteiger partial charge in [-0.1, -0.05) is 0 Å². The standard InChI is InChI=1S/C12H19N3O3/c1-8-9(2)14(3)11(13-8)7-15-4-5-18-10(6-15)12(16)17/h10H,4-7H2,1-3H3,(H,16,17)/t10-/m1/s1. The summed E-state index contributed by atoms with van der Waals surface area (Å²) in [6.45, 7) is 6.30. The summed E-state index contributed by atoms with van der Waals surface area (Å²) in [7, 11) is 1.99. The third kappa shape index (κ3) is 2.54. The molecule has 0 radical (unpaired) electrons. The average molecular weight is 253 g/mol. The van der Waals surface area contributed by atoms with Gasteiger partial charge in [-0.3, -0.25) is 4.90 Å². The van der Waals surface area contributed by atoms with Crippen LogP contribution in [0.25, 0.3) is 0 Å². The van der Waals surface area contributed by atoms with Gasteiger partial charge >= 0.3 is 5.97 Å². The van der Waals surface area contributed by atoms with Crippen LogP contribution in [0.5, 0.6) is 0 Å². The van der Waals surface area contributed by atoms with E-state index in [4.69, 9.17) is 9.84 Å². The van der Waals surface area contributed by atoms with Crippen LogP contribution >= 0.6 is 0 Å². The summed E-state index contributed by atoms with van der Waals surface area (Å²) in [5.41, 5.74) is 2.17. The second-order valence-corrected chi connectivity index (χ2v) is 4.69. The molecule has 1 fully saturated rings. The van der Waals surface area contributed by atoms with Gasteiger partial charge in [0.1, 0.15) is 5.82 Å². The number of aromatic nitrogens is 2. The smallest absolute Gasteiger partial charge is 0.334 e. The molecule has 0 spiro atoms. The number of aryl methyl sites for hydroxylation is 1. The van der Waals surface area contributed by atoms with Gasteiger partial charge in [-0.2, -0.15) is 0 Å². The van der Waals surface area contributed by atoms with E-state index in [9.17, 15) is 4.79 Å². The first-order chi connectivity index (χ1) is 8.49. The van der Waals surface area contributed by atoms with Gasteiger partial charge in [-0.05, 0) is 13.8 Å².